The molecule has 1 heteroatoms. The number of phenolic OH excluding ortho intramolecular Hbond substituents is 1. The summed E-state index contributed by atoms with van der Waals surface area (Å²) in [7, 11) is 0. The average Bonchev–Trinajstić information content (AvgIpc) is 2.45. The molecule has 1 aliphatic rings. The number of allylic oxidation sites excluding steroid dienone is 2. The Morgan fingerprint density at radius 3 is 2.63 bits per heavy atom. The van der Waals surface area contributed by atoms with Crippen molar-refractivity contribution in [2.24, 2.45) is 0 Å². The molecule has 2 aromatic rings. The van der Waals surface area contributed by atoms with Crippen molar-refractivity contribution < 1.29 is 5.11 Å². The molecule has 0 saturated carbocycles. The quantitative estimate of drug-likeness (QED) is 0.858. The van der Waals surface area contributed by atoms with Crippen LogP contribution in [0.25, 0.3) is 5.57 Å². The molecule has 0 spiro atoms. The number of fused-ring (bicyclic) bond motifs is 1. The summed E-state index contributed by atoms with van der Waals surface area (Å²) in [6.07, 6.45) is 6.62. The molecule has 0 aliphatic heterocycles. The van der Waals surface area contributed by atoms with Gasteiger partial charge in [-0.25, -0.2) is 0 Å². The minimum Gasteiger partial charge on any atom is -0.508 e. The Kier molecular flexibility index (Phi) is 3.37. The van der Waals surface area contributed by atoms with Gasteiger partial charge >= 0.3 is 0 Å². The largest absolute Gasteiger partial charge is 0.508 e. The van der Waals surface area contributed by atoms with Crippen LogP contribution in [0.2, 0.25) is 0 Å². The van der Waals surface area contributed by atoms with E-state index in [-0.39, 0.29) is 0 Å². The zero-order valence-corrected chi connectivity index (χ0v) is 11.0. The zero-order valence-electron chi connectivity index (χ0n) is 11.0. The van der Waals surface area contributed by atoms with Gasteiger partial charge in [0.15, 0.2) is 0 Å². The third-order valence-corrected chi connectivity index (χ3v) is 3.77. The molecule has 0 saturated heterocycles. The Morgan fingerprint density at radius 2 is 1.79 bits per heavy atom. The van der Waals surface area contributed by atoms with E-state index in [9.17, 15) is 5.11 Å². The molecule has 0 radical (unpaired) electrons. The molecular weight excluding hydrogens is 232 g/mol. The third-order valence-electron chi connectivity index (χ3n) is 3.77. The second-order valence-electron chi connectivity index (χ2n) is 5.10. The van der Waals surface area contributed by atoms with Gasteiger partial charge in [-0.1, -0.05) is 42.5 Å². The van der Waals surface area contributed by atoms with E-state index in [0.29, 0.717) is 5.75 Å². The summed E-state index contributed by atoms with van der Waals surface area (Å²) in [6.45, 7) is 0. The Morgan fingerprint density at radius 1 is 0.947 bits per heavy atom. The van der Waals surface area contributed by atoms with E-state index >= 15 is 0 Å². The molecule has 0 amide bonds. The lowest BCUT2D eigenvalue weighted by Crippen LogP contribution is -2.00. The van der Waals surface area contributed by atoms with Crippen LogP contribution < -0.4 is 0 Å². The highest BCUT2D eigenvalue weighted by atomic mass is 16.3. The summed E-state index contributed by atoms with van der Waals surface area (Å²) in [4.78, 5) is 0. The van der Waals surface area contributed by atoms with Crippen LogP contribution in [0.1, 0.15) is 29.5 Å². The Hall–Kier alpha value is -2.02. The SMILES string of the molecule is Oc1ccc2c(c1)CCC=C2CCc1ccccc1. The van der Waals surface area contributed by atoms with Crippen molar-refractivity contribution in [2.75, 3.05) is 0 Å². The zero-order chi connectivity index (χ0) is 13.1. The molecule has 1 N–H and O–H groups in total. The van der Waals surface area contributed by atoms with E-state index in [0.717, 1.165) is 25.7 Å². The smallest absolute Gasteiger partial charge is 0.115 e. The second-order valence-corrected chi connectivity index (χ2v) is 5.10. The third kappa shape index (κ3) is 2.70. The predicted molar refractivity (Wildman–Crippen MR) is 79.2 cm³/mol. The maximum atomic E-state index is 9.56. The van der Waals surface area contributed by atoms with Crippen molar-refractivity contribution in [1.82, 2.24) is 0 Å². The molecule has 3 rings (SSSR count). The Labute approximate surface area is 114 Å². The monoisotopic (exact) mass is 250 g/mol. The highest BCUT2D eigenvalue weighted by molar-refractivity contribution is 5.71. The Balaban J connectivity index is 1.78. The van der Waals surface area contributed by atoms with E-state index < -0.39 is 0 Å². The second kappa shape index (κ2) is 5.31. The van der Waals surface area contributed by atoms with Gasteiger partial charge in [-0.05, 0) is 60.1 Å². The molecule has 1 nitrogen and oxygen atoms in total. The lowest BCUT2D eigenvalue weighted by molar-refractivity contribution is 0.474. The number of hydrogen-bond acceptors (Lipinski definition) is 1. The first kappa shape index (κ1) is 12.0. The van der Waals surface area contributed by atoms with Gasteiger partial charge in [-0.3, -0.25) is 0 Å². The molecule has 0 heterocycles. The molecule has 0 aromatic heterocycles. The average molecular weight is 250 g/mol. The fraction of sp³-hybridized carbons (Fsp3) is 0.222. The van der Waals surface area contributed by atoms with Crippen molar-refractivity contribution in [3.8, 4) is 5.75 Å². The molecule has 2 aromatic carbocycles. The number of rotatable bonds is 3. The van der Waals surface area contributed by atoms with Gasteiger partial charge in [-0.15, -0.1) is 0 Å². The summed E-state index contributed by atoms with van der Waals surface area (Å²) in [5, 5.41) is 9.56. The van der Waals surface area contributed by atoms with Crippen LogP contribution in [0.3, 0.4) is 0 Å². The van der Waals surface area contributed by atoms with Crippen LogP contribution in [0, 0.1) is 0 Å². The van der Waals surface area contributed by atoms with E-state index in [1.54, 1.807) is 6.07 Å². The first-order valence-electron chi connectivity index (χ1n) is 6.88. The lowest BCUT2D eigenvalue weighted by atomic mass is 9.87. The van der Waals surface area contributed by atoms with E-state index in [2.05, 4.69) is 42.5 Å². The van der Waals surface area contributed by atoms with Crippen molar-refractivity contribution in [3.05, 3.63) is 71.3 Å². The summed E-state index contributed by atoms with van der Waals surface area (Å²) in [5.74, 6) is 0.378. The molecule has 0 atom stereocenters. The number of benzene rings is 2. The number of phenols is 1. The van der Waals surface area contributed by atoms with Gasteiger partial charge in [0.05, 0.1) is 0 Å². The number of aromatic hydroxyl groups is 1. The highest BCUT2D eigenvalue weighted by Gasteiger charge is 2.12. The minimum atomic E-state index is 0.378. The first-order chi connectivity index (χ1) is 9.33. The molecule has 0 unspecified atom stereocenters. The summed E-state index contributed by atoms with van der Waals surface area (Å²) < 4.78 is 0. The molecule has 0 fully saturated rings. The number of aryl methyl sites for hydroxylation is 2. The van der Waals surface area contributed by atoms with Crippen LogP contribution >= 0.6 is 0 Å². The van der Waals surface area contributed by atoms with Gasteiger partial charge in [0.2, 0.25) is 0 Å². The fourth-order valence-electron chi connectivity index (χ4n) is 2.77. The normalized spacial score (nSPS) is 13.8. The molecule has 0 bridgehead atoms. The van der Waals surface area contributed by atoms with Gasteiger partial charge in [0.25, 0.3) is 0 Å². The van der Waals surface area contributed by atoms with Crippen molar-refractivity contribution >= 4 is 5.57 Å². The molecular formula is C18H18O. The maximum absolute atomic E-state index is 9.56. The van der Waals surface area contributed by atoms with E-state index in [4.69, 9.17) is 0 Å². The van der Waals surface area contributed by atoms with Gasteiger partial charge in [0.1, 0.15) is 5.75 Å². The molecule has 1 aliphatic carbocycles. The van der Waals surface area contributed by atoms with Crippen LogP contribution in [-0.2, 0) is 12.8 Å². The van der Waals surface area contributed by atoms with Crippen LogP contribution in [0.15, 0.2) is 54.6 Å². The fourth-order valence-corrected chi connectivity index (χ4v) is 2.77. The minimum absolute atomic E-state index is 0.378. The van der Waals surface area contributed by atoms with Gasteiger partial charge < -0.3 is 5.11 Å². The standard InChI is InChI=1S/C18H18O/c19-17-11-12-18-15(7-4-8-16(18)13-17)10-9-14-5-2-1-3-6-14/h1-3,5-7,11-13,19H,4,8-10H2. The van der Waals surface area contributed by atoms with Crippen molar-refractivity contribution in [2.45, 2.75) is 25.7 Å². The number of hydrogen-bond donors (Lipinski definition) is 1. The summed E-state index contributed by atoms with van der Waals surface area (Å²) in [5.41, 5.74) is 5.41. The van der Waals surface area contributed by atoms with Crippen LogP contribution in [-0.4, -0.2) is 5.11 Å². The summed E-state index contributed by atoms with van der Waals surface area (Å²) >= 11 is 0. The molecule has 19 heavy (non-hydrogen) atoms. The van der Waals surface area contributed by atoms with Crippen molar-refractivity contribution in [1.29, 1.82) is 0 Å². The first-order valence-corrected chi connectivity index (χ1v) is 6.88. The molecule has 96 valence electrons. The highest BCUT2D eigenvalue weighted by Crippen LogP contribution is 2.31. The predicted octanol–water partition coefficient (Wildman–Crippen LogP) is 4.35. The Bertz CT molecular complexity index is 596. The summed E-state index contributed by atoms with van der Waals surface area (Å²) in [6, 6.07) is 16.4. The lowest BCUT2D eigenvalue weighted by Gasteiger charge is -2.18. The van der Waals surface area contributed by atoms with Crippen LogP contribution in [0.5, 0.6) is 5.75 Å². The van der Waals surface area contributed by atoms with Gasteiger partial charge in [0, 0.05) is 0 Å². The van der Waals surface area contributed by atoms with Gasteiger partial charge in [-0.2, -0.15) is 0 Å². The topological polar surface area (TPSA) is 20.2 Å². The van der Waals surface area contributed by atoms with E-state index in [1.807, 2.05) is 6.07 Å². The van der Waals surface area contributed by atoms with Crippen molar-refractivity contribution in [3.63, 3.8) is 0 Å². The van der Waals surface area contributed by atoms with Crippen LogP contribution in [0.4, 0.5) is 0 Å². The maximum Gasteiger partial charge on any atom is 0.115 e. The van der Waals surface area contributed by atoms with E-state index in [1.165, 1.54) is 22.3 Å².